The molecule has 1 heterocycles. The Morgan fingerprint density at radius 2 is 2.08 bits per heavy atom. The summed E-state index contributed by atoms with van der Waals surface area (Å²) in [5, 5.41) is 2.21. The molecule has 0 aromatic carbocycles. The standard InChI is InChI=1S/C7H7F3N2O/c1-11-6(13)4-2-3-5(12-4)7(8,9)10/h2-3,12H,1H3,(H,11,13). The lowest BCUT2D eigenvalue weighted by atomic mass is 10.4. The predicted octanol–water partition coefficient (Wildman–Crippen LogP) is 1.39. The molecule has 0 aliphatic carbocycles. The highest BCUT2D eigenvalue weighted by atomic mass is 19.4. The van der Waals surface area contributed by atoms with Crippen molar-refractivity contribution in [2.24, 2.45) is 0 Å². The molecule has 0 aliphatic heterocycles. The van der Waals surface area contributed by atoms with E-state index in [0.717, 1.165) is 12.1 Å². The van der Waals surface area contributed by atoms with Crippen molar-refractivity contribution in [2.75, 3.05) is 7.05 Å². The number of amides is 1. The number of hydrogen-bond donors (Lipinski definition) is 2. The van der Waals surface area contributed by atoms with Gasteiger partial charge in [0, 0.05) is 7.05 Å². The van der Waals surface area contributed by atoms with Gasteiger partial charge < -0.3 is 10.3 Å². The molecule has 0 bridgehead atoms. The van der Waals surface area contributed by atoms with Crippen molar-refractivity contribution in [2.45, 2.75) is 6.18 Å². The number of alkyl halides is 3. The van der Waals surface area contributed by atoms with Crippen molar-refractivity contribution in [3.8, 4) is 0 Å². The van der Waals surface area contributed by atoms with Gasteiger partial charge in [-0.1, -0.05) is 0 Å². The molecule has 0 fully saturated rings. The smallest absolute Gasteiger partial charge is 0.354 e. The molecular formula is C7H7F3N2O. The fraction of sp³-hybridized carbons (Fsp3) is 0.286. The second-order valence-corrected chi connectivity index (χ2v) is 2.36. The zero-order valence-electron chi connectivity index (χ0n) is 6.70. The van der Waals surface area contributed by atoms with E-state index in [1.807, 2.05) is 4.98 Å². The molecule has 13 heavy (non-hydrogen) atoms. The Morgan fingerprint density at radius 3 is 2.46 bits per heavy atom. The fourth-order valence-corrected chi connectivity index (χ4v) is 0.828. The summed E-state index contributed by atoms with van der Waals surface area (Å²) in [7, 11) is 1.34. The van der Waals surface area contributed by atoms with E-state index in [2.05, 4.69) is 5.32 Å². The zero-order chi connectivity index (χ0) is 10.1. The molecule has 0 aliphatic rings. The number of H-pyrrole nitrogens is 1. The van der Waals surface area contributed by atoms with Crippen LogP contribution in [0.25, 0.3) is 0 Å². The molecule has 0 atom stereocenters. The number of carbonyl (C=O) groups is 1. The van der Waals surface area contributed by atoms with E-state index >= 15 is 0 Å². The van der Waals surface area contributed by atoms with Crippen LogP contribution in [0.2, 0.25) is 0 Å². The van der Waals surface area contributed by atoms with Crippen LogP contribution in [0.1, 0.15) is 16.2 Å². The van der Waals surface area contributed by atoms with Crippen molar-refractivity contribution >= 4 is 5.91 Å². The monoisotopic (exact) mass is 192 g/mol. The third-order valence-electron chi connectivity index (χ3n) is 1.46. The molecule has 1 amide bonds. The van der Waals surface area contributed by atoms with Gasteiger partial charge in [-0.05, 0) is 12.1 Å². The molecule has 2 N–H and O–H groups in total. The van der Waals surface area contributed by atoms with Crippen LogP contribution in [0.15, 0.2) is 12.1 Å². The molecule has 1 rings (SSSR count). The lowest BCUT2D eigenvalue weighted by Crippen LogP contribution is -2.18. The average Bonchev–Trinajstić information content (AvgIpc) is 2.50. The highest BCUT2D eigenvalue weighted by Gasteiger charge is 2.32. The minimum absolute atomic E-state index is 0.102. The average molecular weight is 192 g/mol. The first-order chi connectivity index (χ1) is 5.95. The van der Waals surface area contributed by atoms with E-state index in [1.54, 1.807) is 0 Å². The van der Waals surface area contributed by atoms with Gasteiger partial charge in [-0.2, -0.15) is 13.2 Å². The summed E-state index contributed by atoms with van der Waals surface area (Å²) in [4.78, 5) is 12.8. The van der Waals surface area contributed by atoms with Crippen molar-refractivity contribution in [3.05, 3.63) is 23.5 Å². The third kappa shape index (κ3) is 2.01. The Bertz CT molecular complexity index is 316. The summed E-state index contributed by atoms with van der Waals surface area (Å²) >= 11 is 0. The number of aromatic amines is 1. The van der Waals surface area contributed by atoms with Crippen molar-refractivity contribution in [1.29, 1.82) is 0 Å². The summed E-state index contributed by atoms with van der Waals surface area (Å²) in [5.41, 5.74) is -1.03. The molecule has 1 aromatic rings. The number of rotatable bonds is 1. The van der Waals surface area contributed by atoms with Gasteiger partial charge in [-0.3, -0.25) is 4.79 Å². The van der Waals surface area contributed by atoms with Crippen LogP contribution in [-0.4, -0.2) is 17.9 Å². The molecule has 3 nitrogen and oxygen atoms in total. The van der Waals surface area contributed by atoms with Gasteiger partial charge in [0.1, 0.15) is 11.4 Å². The second-order valence-electron chi connectivity index (χ2n) is 2.36. The molecule has 0 radical (unpaired) electrons. The summed E-state index contributed by atoms with van der Waals surface area (Å²) in [6.07, 6.45) is -4.44. The summed E-state index contributed by atoms with van der Waals surface area (Å²) < 4.78 is 36.0. The summed E-state index contributed by atoms with van der Waals surface area (Å²) in [5.74, 6) is -0.574. The zero-order valence-corrected chi connectivity index (χ0v) is 6.70. The van der Waals surface area contributed by atoms with Gasteiger partial charge in [0.05, 0.1) is 0 Å². The van der Waals surface area contributed by atoms with Gasteiger partial charge in [-0.25, -0.2) is 0 Å². The van der Waals surface area contributed by atoms with E-state index in [0.29, 0.717) is 0 Å². The van der Waals surface area contributed by atoms with Crippen LogP contribution in [0.5, 0.6) is 0 Å². The minimum Gasteiger partial charge on any atom is -0.354 e. The van der Waals surface area contributed by atoms with Gasteiger partial charge in [0.2, 0.25) is 0 Å². The number of hydrogen-bond acceptors (Lipinski definition) is 1. The minimum atomic E-state index is -4.44. The van der Waals surface area contributed by atoms with Crippen LogP contribution >= 0.6 is 0 Å². The van der Waals surface area contributed by atoms with Crippen molar-refractivity contribution < 1.29 is 18.0 Å². The first kappa shape index (κ1) is 9.63. The number of nitrogens with one attached hydrogen (secondary N) is 2. The van der Waals surface area contributed by atoms with Crippen LogP contribution in [0.4, 0.5) is 13.2 Å². The van der Waals surface area contributed by atoms with Gasteiger partial charge >= 0.3 is 6.18 Å². The highest BCUT2D eigenvalue weighted by molar-refractivity contribution is 5.92. The Kier molecular flexibility index (Phi) is 2.31. The van der Waals surface area contributed by atoms with E-state index < -0.39 is 17.8 Å². The number of halogens is 3. The van der Waals surface area contributed by atoms with E-state index in [4.69, 9.17) is 0 Å². The quantitative estimate of drug-likeness (QED) is 0.693. The first-order valence-electron chi connectivity index (χ1n) is 3.43. The maximum atomic E-state index is 12.0. The lowest BCUT2D eigenvalue weighted by molar-refractivity contribution is -0.140. The SMILES string of the molecule is CNC(=O)c1ccc(C(F)(F)F)[nH]1. The summed E-state index contributed by atoms with van der Waals surface area (Å²) in [6.45, 7) is 0. The molecule has 0 saturated carbocycles. The molecule has 6 heteroatoms. The van der Waals surface area contributed by atoms with Crippen LogP contribution in [0.3, 0.4) is 0 Å². The molecule has 0 unspecified atom stereocenters. The Morgan fingerprint density at radius 1 is 1.46 bits per heavy atom. The Labute approximate surface area is 71.9 Å². The van der Waals surface area contributed by atoms with E-state index in [1.165, 1.54) is 7.05 Å². The van der Waals surface area contributed by atoms with Crippen LogP contribution < -0.4 is 5.32 Å². The van der Waals surface area contributed by atoms with Crippen molar-refractivity contribution in [3.63, 3.8) is 0 Å². The van der Waals surface area contributed by atoms with E-state index in [9.17, 15) is 18.0 Å². The fourth-order valence-electron chi connectivity index (χ4n) is 0.828. The van der Waals surface area contributed by atoms with Crippen molar-refractivity contribution in [1.82, 2.24) is 10.3 Å². The Balaban J connectivity index is 2.93. The number of aromatic nitrogens is 1. The summed E-state index contributed by atoms with van der Waals surface area (Å²) in [6, 6.07) is 1.91. The van der Waals surface area contributed by atoms with Gasteiger partial charge in [-0.15, -0.1) is 0 Å². The molecule has 0 saturated heterocycles. The van der Waals surface area contributed by atoms with Gasteiger partial charge in [0.15, 0.2) is 0 Å². The molecule has 0 spiro atoms. The third-order valence-corrected chi connectivity index (χ3v) is 1.46. The van der Waals surface area contributed by atoms with Gasteiger partial charge in [0.25, 0.3) is 5.91 Å². The largest absolute Gasteiger partial charge is 0.431 e. The van der Waals surface area contributed by atoms with E-state index in [-0.39, 0.29) is 5.69 Å². The van der Waals surface area contributed by atoms with Crippen LogP contribution in [-0.2, 0) is 6.18 Å². The lowest BCUT2D eigenvalue weighted by Gasteiger charge is -2.01. The first-order valence-corrected chi connectivity index (χ1v) is 3.43. The maximum Gasteiger partial charge on any atom is 0.431 e. The molecule has 72 valence electrons. The maximum absolute atomic E-state index is 12.0. The normalized spacial score (nSPS) is 11.4. The molecule has 1 aromatic heterocycles. The Hall–Kier alpha value is -1.46. The highest BCUT2D eigenvalue weighted by Crippen LogP contribution is 2.28. The predicted molar refractivity (Wildman–Crippen MR) is 39.2 cm³/mol. The van der Waals surface area contributed by atoms with Crippen LogP contribution in [0, 0.1) is 0 Å². The topological polar surface area (TPSA) is 44.9 Å². The second kappa shape index (κ2) is 3.12. The molecular weight excluding hydrogens is 185 g/mol. The number of carbonyl (C=O) groups excluding carboxylic acids is 1.